The molecule has 8 heteroatoms. The van der Waals surface area contributed by atoms with E-state index in [-0.39, 0.29) is 11.9 Å². The number of amides is 2. The number of ether oxygens (including phenoxy) is 1. The second kappa shape index (κ2) is 8.70. The molecule has 1 fully saturated rings. The van der Waals surface area contributed by atoms with Gasteiger partial charge in [-0.15, -0.1) is 11.3 Å². The van der Waals surface area contributed by atoms with E-state index in [4.69, 9.17) is 9.72 Å². The molecule has 1 saturated heterocycles. The Kier molecular flexibility index (Phi) is 5.97. The van der Waals surface area contributed by atoms with Crippen LogP contribution in [0.4, 0.5) is 9.93 Å². The zero-order valence-corrected chi connectivity index (χ0v) is 19.3. The number of pyridine rings is 1. The SMILES string of the molecule is CC1CC(NC(=O)OC(C)(C)C)C(=O)N1c1nc(-c2cccc(-c3ccncc3)c2)cs1. The molecule has 1 aliphatic heterocycles. The number of anilines is 1. The molecule has 32 heavy (non-hydrogen) atoms. The molecule has 1 N–H and O–H groups in total. The van der Waals surface area contributed by atoms with Gasteiger partial charge in [0, 0.05) is 29.4 Å². The number of hydrogen-bond donors (Lipinski definition) is 1. The van der Waals surface area contributed by atoms with Crippen LogP contribution in [0.2, 0.25) is 0 Å². The molecule has 2 aromatic heterocycles. The van der Waals surface area contributed by atoms with Gasteiger partial charge in [-0.05, 0) is 63.4 Å². The normalized spacial score (nSPS) is 18.6. The molecule has 0 bridgehead atoms. The van der Waals surface area contributed by atoms with Gasteiger partial charge in [-0.3, -0.25) is 14.7 Å². The molecule has 2 amide bonds. The Bertz CT molecular complexity index is 1120. The first-order chi connectivity index (χ1) is 15.2. The van der Waals surface area contributed by atoms with Crippen molar-refractivity contribution in [2.45, 2.75) is 51.8 Å². The molecule has 1 aliphatic rings. The Morgan fingerprint density at radius 2 is 1.88 bits per heavy atom. The average molecular weight is 451 g/mol. The predicted octanol–water partition coefficient (Wildman–Crippen LogP) is 4.89. The number of hydrogen-bond acceptors (Lipinski definition) is 6. The molecular formula is C24H26N4O3S. The number of carbonyl (C=O) groups is 2. The standard InChI is InChI=1S/C24H26N4O3S/c1-15-12-19(27-23(30)31-24(2,3)4)21(29)28(15)22-26-20(14-32-22)18-7-5-6-17(13-18)16-8-10-25-11-9-16/h5-11,13-15,19H,12H2,1-4H3,(H,27,30). The smallest absolute Gasteiger partial charge is 0.408 e. The van der Waals surface area contributed by atoms with Crippen LogP contribution >= 0.6 is 11.3 Å². The van der Waals surface area contributed by atoms with Gasteiger partial charge in [0.15, 0.2) is 5.13 Å². The highest BCUT2D eigenvalue weighted by Gasteiger charge is 2.40. The number of alkyl carbamates (subject to hydrolysis) is 1. The molecular weight excluding hydrogens is 424 g/mol. The van der Waals surface area contributed by atoms with E-state index in [1.54, 1.807) is 38.1 Å². The highest BCUT2D eigenvalue weighted by Crippen LogP contribution is 2.34. The van der Waals surface area contributed by atoms with E-state index in [2.05, 4.69) is 16.4 Å². The number of nitrogens with zero attached hydrogens (tertiary/aromatic N) is 3. The summed E-state index contributed by atoms with van der Waals surface area (Å²) in [4.78, 5) is 35.6. The van der Waals surface area contributed by atoms with Crippen LogP contribution in [-0.2, 0) is 9.53 Å². The van der Waals surface area contributed by atoms with E-state index >= 15 is 0 Å². The van der Waals surface area contributed by atoms with Gasteiger partial charge in [0.1, 0.15) is 11.6 Å². The van der Waals surface area contributed by atoms with Crippen molar-refractivity contribution in [1.82, 2.24) is 15.3 Å². The van der Waals surface area contributed by atoms with Crippen LogP contribution in [-0.4, -0.2) is 39.7 Å². The molecule has 4 rings (SSSR count). The Morgan fingerprint density at radius 3 is 2.59 bits per heavy atom. The minimum absolute atomic E-state index is 0.0791. The van der Waals surface area contributed by atoms with Crippen molar-refractivity contribution < 1.29 is 14.3 Å². The first kappa shape index (κ1) is 22.0. The van der Waals surface area contributed by atoms with Crippen molar-refractivity contribution in [3.05, 3.63) is 54.2 Å². The van der Waals surface area contributed by atoms with Crippen molar-refractivity contribution in [2.75, 3.05) is 4.90 Å². The van der Waals surface area contributed by atoms with E-state index < -0.39 is 17.7 Å². The number of rotatable bonds is 4. The van der Waals surface area contributed by atoms with Gasteiger partial charge in [-0.25, -0.2) is 9.78 Å². The van der Waals surface area contributed by atoms with Crippen molar-refractivity contribution in [3.8, 4) is 22.4 Å². The number of nitrogens with one attached hydrogen (secondary N) is 1. The van der Waals surface area contributed by atoms with Crippen molar-refractivity contribution in [2.24, 2.45) is 0 Å². The van der Waals surface area contributed by atoms with Gasteiger partial charge in [-0.1, -0.05) is 18.2 Å². The fraction of sp³-hybridized carbons (Fsp3) is 0.333. The monoisotopic (exact) mass is 450 g/mol. The van der Waals surface area contributed by atoms with Gasteiger partial charge in [0.25, 0.3) is 5.91 Å². The van der Waals surface area contributed by atoms with E-state index in [0.29, 0.717) is 11.6 Å². The van der Waals surface area contributed by atoms with Gasteiger partial charge >= 0.3 is 6.09 Å². The molecule has 1 aromatic carbocycles. The van der Waals surface area contributed by atoms with Crippen molar-refractivity contribution in [3.63, 3.8) is 0 Å². The van der Waals surface area contributed by atoms with Crippen LogP contribution in [0.25, 0.3) is 22.4 Å². The summed E-state index contributed by atoms with van der Waals surface area (Å²) in [5.41, 5.74) is 3.32. The van der Waals surface area contributed by atoms with E-state index in [1.165, 1.54) is 11.3 Å². The summed E-state index contributed by atoms with van der Waals surface area (Å²) in [7, 11) is 0. The molecule has 0 saturated carbocycles. The minimum Gasteiger partial charge on any atom is -0.444 e. The average Bonchev–Trinajstić information content (AvgIpc) is 3.32. The van der Waals surface area contributed by atoms with E-state index in [1.807, 2.05) is 42.6 Å². The summed E-state index contributed by atoms with van der Waals surface area (Å²) in [6, 6.07) is 11.4. The van der Waals surface area contributed by atoms with Crippen LogP contribution in [0.1, 0.15) is 34.1 Å². The van der Waals surface area contributed by atoms with Crippen LogP contribution in [0.5, 0.6) is 0 Å². The highest BCUT2D eigenvalue weighted by atomic mass is 32.1. The van der Waals surface area contributed by atoms with Gasteiger partial charge in [-0.2, -0.15) is 0 Å². The fourth-order valence-electron chi connectivity index (χ4n) is 3.70. The molecule has 0 spiro atoms. The lowest BCUT2D eigenvalue weighted by molar-refractivity contribution is -0.118. The molecule has 166 valence electrons. The Labute approximate surface area is 191 Å². The lowest BCUT2D eigenvalue weighted by Crippen LogP contribution is -2.44. The summed E-state index contributed by atoms with van der Waals surface area (Å²) in [6.07, 6.45) is 3.46. The second-order valence-corrected chi connectivity index (χ2v) is 9.66. The van der Waals surface area contributed by atoms with Crippen LogP contribution < -0.4 is 10.2 Å². The Morgan fingerprint density at radius 1 is 1.16 bits per heavy atom. The number of benzene rings is 1. The van der Waals surface area contributed by atoms with E-state index in [0.717, 1.165) is 22.4 Å². The lowest BCUT2D eigenvalue weighted by Gasteiger charge is -2.21. The zero-order chi connectivity index (χ0) is 22.9. The molecule has 3 heterocycles. The minimum atomic E-state index is -0.623. The van der Waals surface area contributed by atoms with Crippen molar-refractivity contribution in [1.29, 1.82) is 0 Å². The van der Waals surface area contributed by atoms with Crippen LogP contribution in [0.3, 0.4) is 0 Å². The number of carbonyl (C=O) groups excluding carboxylic acids is 2. The summed E-state index contributed by atoms with van der Waals surface area (Å²) in [6.45, 7) is 7.33. The lowest BCUT2D eigenvalue weighted by atomic mass is 10.0. The second-order valence-electron chi connectivity index (χ2n) is 8.82. The summed E-state index contributed by atoms with van der Waals surface area (Å²) in [5.74, 6) is -0.171. The summed E-state index contributed by atoms with van der Waals surface area (Å²) >= 11 is 1.42. The van der Waals surface area contributed by atoms with Crippen LogP contribution in [0, 0.1) is 0 Å². The maximum Gasteiger partial charge on any atom is 0.408 e. The van der Waals surface area contributed by atoms with Crippen molar-refractivity contribution >= 4 is 28.5 Å². The zero-order valence-electron chi connectivity index (χ0n) is 18.5. The van der Waals surface area contributed by atoms with Gasteiger partial charge < -0.3 is 10.1 Å². The first-order valence-corrected chi connectivity index (χ1v) is 11.4. The topological polar surface area (TPSA) is 84.4 Å². The third-order valence-corrected chi connectivity index (χ3v) is 5.95. The largest absolute Gasteiger partial charge is 0.444 e. The summed E-state index contributed by atoms with van der Waals surface area (Å²) in [5, 5.41) is 5.28. The molecule has 2 unspecified atom stereocenters. The summed E-state index contributed by atoms with van der Waals surface area (Å²) < 4.78 is 5.30. The molecule has 0 radical (unpaired) electrons. The third kappa shape index (κ3) is 4.80. The fourth-order valence-corrected chi connectivity index (χ4v) is 4.64. The van der Waals surface area contributed by atoms with Gasteiger partial charge in [0.05, 0.1) is 5.69 Å². The Balaban J connectivity index is 1.51. The molecule has 3 aromatic rings. The van der Waals surface area contributed by atoms with E-state index in [9.17, 15) is 9.59 Å². The molecule has 0 aliphatic carbocycles. The first-order valence-electron chi connectivity index (χ1n) is 10.5. The maximum absolute atomic E-state index is 13.0. The number of aromatic nitrogens is 2. The molecule has 2 atom stereocenters. The quantitative estimate of drug-likeness (QED) is 0.612. The van der Waals surface area contributed by atoms with Gasteiger partial charge in [0.2, 0.25) is 0 Å². The Hall–Kier alpha value is -3.26. The number of thiazole rings is 1. The predicted molar refractivity (Wildman–Crippen MR) is 126 cm³/mol. The molecule has 7 nitrogen and oxygen atoms in total. The third-order valence-electron chi connectivity index (χ3n) is 5.11. The maximum atomic E-state index is 13.0. The van der Waals surface area contributed by atoms with Crippen LogP contribution in [0.15, 0.2) is 54.2 Å². The highest BCUT2D eigenvalue weighted by molar-refractivity contribution is 7.14.